The molecule has 2 N–H and O–H groups in total. The molecule has 6 nitrogen and oxygen atoms in total. The van der Waals surface area contributed by atoms with Crippen LogP contribution in [0.5, 0.6) is 0 Å². The molecule has 1 atom stereocenters. The van der Waals surface area contributed by atoms with Gasteiger partial charge < -0.3 is 10.6 Å². The van der Waals surface area contributed by atoms with Crippen molar-refractivity contribution in [3.05, 3.63) is 34.0 Å². The third kappa shape index (κ3) is 4.21. The summed E-state index contributed by atoms with van der Waals surface area (Å²) >= 11 is 1.69. The molecule has 1 aliphatic rings. The second kappa shape index (κ2) is 7.90. The van der Waals surface area contributed by atoms with Gasteiger partial charge in [-0.3, -0.25) is 9.48 Å². The van der Waals surface area contributed by atoms with Gasteiger partial charge in [0.05, 0.1) is 16.7 Å². The zero-order chi connectivity index (χ0) is 16.9. The maximum atomic E-state index is 12.2. The minimum absolute atomic E-state index is 0.114. The average molecular weight is 347 g/mol. The number of nitrogens with zero attached hydrogens (tertiary/aromatic N) is 3. The van der Waals surface area contributed by atoms with Crippen molar-refractivity contribution in [2.45, 2.75) is 45.1 Å². The lowest BCUT2D eigenvalue weighted by atomic mass is 10.1. The first-order valence-corrected chi connectivity index (χ1v) is 9.50. The largest absolute Gasteiger partial charge is 0.350 e. The van der Waals surface area contributed by atoms with Crippen molar-refractivity contribution in [3.63, 3.8) is 0 Å². The highest BCUT2D eigenvalue weighted by Gasteiger charge is 2.17. The van der Waals surface area contributed by atoms with E-state index >= 15 is 0 Å². The Labute approximate surface area is 146 Å². The van der Waals surface area contributed by atoms with E-state index in [2.05, 4.69) is 39.9 Å². The van der Waals surface area contributed by atoms with E-state index in [1.54, 1.807) is 17.4 Å². The van der Waals surface area contributed by atoms with Gasteiger partial charge in [0.15, 0.2) is 0 Å². The third-order valence-corrected chi connectivity index (χ3v) is 5.41. The molecule has 7 heteroatoms. The van der Waals surface area contributed by atoms with Crippen molar-refractivity contribution in [3.8, 4) is 0 Å². The summed E-state index contributed by atoms with van der Waals surface area (Å²) in [4.78, 5) is 16.8. The summed E-state index contributed by atoms with van der Waals surface area (Å²) in [6.07, 6.45) is 4.92. The smallest absolute Gasteiger partial charge is 0.271 e. The predicted octanol–water partition coefficient (Wildman–Crippen LogP) is 2.36. The van der Waals surface area contributed by atoms with Crippen LogP contribution in [0.25, 0.3) is 0 Å². The second-order valence-corrected chi connectivity index (χ2v) is 7.41. The van der Waals surface area contributed by atoms with Gasteiger partial charge in [-0.05, 0) is 25.5 Å². The van der Waals surface area contributed by atoms with Gasteiger partial charge in [-0.2, -0.15) is 5.10 Å². The number of amides is 1. The standard InChI is InChI=1S/C17H25N5OS/c1-12(2)17-20-13(11-24-17)5-8-19-16(23)15-6-9-22(21-15)14-4-3-7-18-10-14/h6,9,11-12,14,18H,3-5,7-8,10H2,1-2H3,(H,19,23). The summed E-state index contributed by atoms with van der Waals surface area (Å²) < 4.78 is 1.91. The van der Waals surface area contributed by atoms with Crippen molar-refractivity contribution < 1.29 is 4.79 Å². The summed E-state index contributed by atoms with van der Waals surface area (Å²) in [7, 11) is 0. The second-order valence-electron chi connectivity index (χ2n) is 6.52. The Kier molecular flexibility index (Phi) is 5.63. The zero-order valence-electron chi connectivity index (χ0n) is 14.3. The minimum atomic E-state index is -0.114. The summed E-state index contributed by atoms with van der Waals surface area (Å²) in [6, 6.07) is 2.15. The fraction of sp³-hybridized carbons (Fsp3) is 0.588. The van der Waals surface area contributed by atoms with Gasteiger partial charge in [0.1, 0.15) is 5.69 Å². The molecule has 3 rings (SSSR count). The van der Waals surface area contributed by atoms with Crippen LogP contribution in [-0.2, 0) is 6.42 Å². The number of rotatable bonds is 6. The topological polar surface area (TPSA) is 71.8 Å². The number of nitrogens with one attached hydrogen (secondary N) is 2. The van der Waals surface area contributed by atoms with E-state index in [1.807, 2.05) is 10.9 Å². The maximum absolute atomic E-state index is 12.2. The normalized spacial score (nSPS) is 18.0. The molecule has 1 aliphatic heterocycles. The van der Waals surface area contributed by atoms with Gasteiger partial charge in [0.2, 0.25) is 0 Å². The van der Waals surface area contributed by atoms with E-state index in [9.17, 15) is 4.79 Å². The van der Waals surface area contributed by atoms with Crippen LogP contribution in [0.3, 0.4) is 0 Å². The number of carbonyl (C=O) groups is 1. The predicted molar refractivity (Wildman–Crippen MR) is 95.6 cm³/mol. The molecule has 0 radical (unpaired) electrons. The number of carbonyl (C=O) groups excluding carboxylic acids is 1. The molecule has 0 bridgehead atoms. The van der Waals surface area contributed by atoms with E-state index in [1.165, 1.54) is 0 Å². The van der Waals surface area contributed by atoms with E-state index in [-0.39, 0.29) is 5.91 Å². The lowest BCUT2D eigenvalue weighted by Gasteiger charge is -2.22. The van der Waals surface area contributed by atoms with Crippen LogP contribution < -0.4 is 10.6 Å². The first kappa shape index (κ1) is 17.1. The molecule has 1 fully saturated rings. The van der Waals surface area contributed by atoms with Crippen LogP contribution in [0, 0.1) is 0 Å². The van der Waals surface area contributed by atoms with Crippen LogP contribution in [0.4, 0.5) is 0 Å². The fourth-order valence-corrected chi connectivity index (χ4v) is 3.69. The zero-order valence-corrected chi connectivity index (χ0v) is 15.1. The molecule has 2 aromatic heterocycles. The Hall–Kier alpha value is -1.73. The molecule has 130 valence electrons. The molecule has 1 amide bonds. The van der Waals surface area contributed by atoms with Crippen molar-refractivity contribution in [2.24, 2.45) is 0 Å². The summed E-state index contributed by atoms with van der Waals surface area (Å²) in [5.74, 6) is 0.341. The van der Waals surface area contributed by atoms with Gasteiger partial charge in [0, 0.05) is 37.0 Å². The molecule has 3 heterocycles. The van der Waals surface area contributed by atoms with Crippen molar-refractivity contribution in [1.82, 2.24) is 25.4 Å². The Morgan fingerprint density at radius 3 is 3.12 bits per heavy atom. The van der Waals surface area contributed by atoms with Crippen molar-refractivity contribution >= 4 is 17.2 Å². The maximum Gasteiger partial charge on any atom is 0.271 e. The Morgan fingerprint density at radius 2 is 2.42 bits per heavy atom. The van der Waals surface area contributed by atoms with Gasteiger partial charge in [-0.1, -0.05) is 13.8 Å². The molecule has 0 aliphatic carbocycles. The fourth-order valence-electron chi connectivity index (χ4n) is 2.82. The van der Waals surface area contributed by atoms with Crippen molar-refractivity contribution in [1.29, 1.82) is 0 Å². The Morgan fingerprint density at radius 1 is 1.54 bits per heavy atom. The molecular weight excluding hydrogens is 322 g/mol. The molecule has 0 spiro atoms. The quantitative estimate of drug-likeness (QED) is 0.841. The number of hydrogen-bond donors (Lipinski definition) is 2. The number of aromatic nitrogens is 3. The summed E-state index contributed by atoms with van der Waals surface area (Å²) in [5, 5.41) is 14.0. The van der Waals surface area contributed by atoms with Gasteiger partial charge >= 0.3 is 0 Å². The highest BCUT2D eigenvalue weighted by molar-refractivity contribution is 7.09. The van der Waals surface area contributed by atoms with Crippen molar-refractivity contribution in [2.75, 3.05) is 19.6 Å². The summed E-state index contributed by atoms with van der Waals surface area (Å²) in [5.41, 5.74) is 1.53. The first-order chi connectivity index (χ1) is 11.6. The van der Waals surface area contributed by atoms with Gasteiger partial charge in [-0.25, -0.2) is 4.98 Å². The van der Waals surface area contributed by atoms with E-state index in [0.717, 1.165) is 43.1 Å². The molecule has 2 aromatic rings. The van der Waals surface area contributed by atoms with Crippen LogP contribution >= 0.6 is 11.3 Å². The highest BCUT2D eigenvalue weighted by atomic mass is 32.1. The summed E-state index contributed by atoms with van der Waals surface area (Å²) in [6.45, 7) is 6.86. The lowest BCUT2D eigenvalue weighted by molar-refractivity contribution is 0.0947. The van der Waals surface area contributed by atoms with Crippen LogP contribution in [0.2, 0.25) is 0 Å². The first-order valence-electron chi connectivity index (χ1n) is 8.62. The molecule has 0 aromatic carbocycles. The number of hydrogen-bond acceptors (Lipinski definition) is 5. The van der Waals surface area contributed by atoms with E-state index in [4.69, 9.17) is 0 Å². The van der Waals surface area contributed by atoms with Crippen LogP contribution in [-0.4, -0.2) is 40.3 Å². The molecule has 0 saturated carbocycles. The Bertz CT molecular complexity index is 672. The molecule has 24 heavy (non-hydrogen) atoms. The number of thiazole rings is 1. The van der Waals surface area contributed by atoms with E-state index in [0.29, 0.717) is 24.2 Å². The highest BCUT2D eigenvalue weighted by Crippen LogP contribution is 2.19. The van der Waals surface area contributed by atoms with Gasteiger partial charge in [-0.15, -0.1) is 11.3 Å². The van der Waals surface area contributed by atoms with Crippen LogP contribution in [0.1, 0.15) is 59.8 Å². The SMILES string of the molecule is CC(C)c1nc(CCNC(=O)c2ccn(C3CCCNC3)n2)cs1. The lowest BCUT2D eigenvalue weighted by Crippen LogP contribution is -2.32. The monoisotopic (exact) mass is 347 g/mol. The van der Waals surface area contributed by atoms with Gasteiger partial charge in [0.25, 0.3) is 5.91 Å². The Balaban J connectivity index is 1.48. The van der Waals surface area contributed by atoms with E-state index < -0.39 is 0 Å². The third-order valence-electron chi connectivity index (χ3n) is 4.22. The molecule has 1 saturated heterocycles. The number of piperidine rings is 1. The van der Waals surface area contributed by atoms with Crippen LogP contribution in [0.15, 0.2) is 17.6 Å². The average Bonchev–Trinajstić information content (AvgIpc) is 3.25. The molecular formula is C17H25N5OS. The molecule has 1 unspecified atom stereocenters. The minimum Gasteiger partial charge on any atom is -0.350 e.